The van der Waals surface area contributed by atoms with Crippen LogP contribution < -0.4 is 5.48 Å². The summed E-state index contributed by atoms with van der Waals surface area (Å²) in [7, 11) is 0. The lowest BCUT2D eigenvalue weighted by Gasteiger charge is -2.23. The second-order valence-corrected chi connectivity index (χ2v) is 9.70. The number of nitrogens with one attached hydrogen (secondary N) is 2. The van der Waals surface area contributed by atoms with Crippen molar-refractivity contribution in [2.24, 2.45) is 0 Å². The first-order chi connectivity index (χ1) is 15.3. The molecule has 0 fully saturated rings. The number of hydroxylamine groups is 1. The maximum Gasteiger partial charge on any atom is 0.267 e. The van der Waals surface area contributed by atoms with Crippen molar-refractivity contribution >= 4 is 22.9 Å². The van der Waals surface area contributed by atoms with E-state index in [1.165, 1.54) is 39.4 Å². The zero-order valence-electron chi connectivity index (χ0n) is 19.2. The number of H-pyrrole nitrogens is 1. The second-order valence-electron chi connectivity index (χ2n) is 9.70. The quantitative estimate of drug-likeness (QED) is 0.313. The maximum atomic E-state index is 11.3. The van der Waals surface area contributed by atoms with Crippen molar-refractivity contribution in [3.63, 3.8) is 0 Å². The molecule has 0 spiro atoms. The number of carbonyl (C=O) groups is 1. The Morgan fingerprint density at radius 2 is 1.88 bits per heavy atom. The van der Waals surface area contributed by atoms with E-state index in [1.54, 1.807) is 11.6 Å². The molecule has 1 aliphatic heterocycles. The first-order valence-electron chi connectivity index (χ1n) is 11.4. The van der Waals surface area contributed by atoms with Crippen LogP contribution in [-0.4, -0.2) is 40.6 Å². The van der Waals surface area contributed by atoms with E-state index in [-0.39, 0.29) is 5.41 Å². The van der Waals surface area contributed by atoms with E-state index in [1.807, 2.05) is 6.07 Å². The van der Waals surface area contributed by atoms with Gasteiger partial charge in [-0.3, -0.25) is 10.0 Å². The number of para-hydroxylation sites is 1. The van der Waals surface area contributed by atoms with Gasteiger partial charge >= 0.3 is 0 Å². The van der Waals surface area contributed by atoms with Crippen LogP contribution in [0.25, 0.3) is 17.0 Å². The van der Waals surface area contributed by atoms with Crippen LogP contribution in [0, 0.1) is 0 Å². The number of hydrogen-bond acceptors (Lipinski definition) is 3. The van der Waals surface area contributed by atoms with E-state index in [9.17, 15) is 4.79 Å². The summed E-state index contributed by atoms with van der Waals surface area (Å²) in [5, 5.41) is 10.00. The van der Waals surface area contributed by atoms with E-state index in [2.05, 4.69) is 67.1 Å². The molecule has 3 aromatic rings. The minimum absolute atomic E-state index is 0.0836. The molecule has 2 heterocycles. The number of carbonyl (C=O) groups excluding carboxylic acids is 1. The SMILES string of the molecule is CC(C)(C)c1[nH]c2ccccc2c1CCN1CCc2ccc(C=CC(=O)NO)cc2CC1. The molecule has 168 valence electrons. The Kier molecular flexibility index (Phi) is 6.49. The van der Waals surface area contributed by atoms with Gasteiger partial charge in [-0.2, -0.15) is 0 Å². The average molecular weight is 432 g/mol. The largest absolute Gasteiger partial charge is 0.358 e. The number of amides is 1. The molecule has 3 N–H and O–H groups in total. The molecule has 1 aromatic heterocycles. The van der Waals surface area contributed by atoms with Gasteiger partial charge in [0, 0.05) is 47.7 Å². The lowest BCUT2D eigenvalue weighted by molar-refractivity contribution is -0.124. The Bertz CT molecular complexity index is 1140. The highest BCUT2D eigenvalue weighted by Crippen LogP contribution is 2.32. The molecule has 2 aromatic carbocycles. The molecule has 1 aliphatic rings. The number of rotatable bonds is 5. The summed E-state index contributed by atoms with van der Waals surface area (Å²) >= 11 is 0. The maximum absolute atomic E-state index is 11.3. The first kappa shape index (κ1) is 22.3. The second kappa shape index (κ2) is 9.31. The summed E-state index contributed by atoms with van der Waals surface area (Å²) in [5.74, 6) is -0.516. The fourth-order valence-electron chi connectivity index (χ4n) is 4.70. The van der Waals surface area contributed by atoms with Gasteiger partial charge in [0.25, 0.3) is 5.91 Å². The van der Waals surface area contributed by atoms with Crippen LogP contribution in [0.3, 0.4) is 0 Å². The standard InChI is InChI=1S/C27H33N3O2/c1-27(2,3)26-23(22-6-4-5-7-24(22)28-26)14-17-30-15-12-20-10-8-19(9-11-25(31)29-32)18-21(20)13-16-30/h4-11,18,28,32H,12-17H2,1-3H3,(H,29,31). The van der Waals surface area contributed by atoms with Gasteiger partial charge in [-0.25, -0.2) is 5.48 Å². The zero-order valence-corrected chi connectivity index (χ0v) is 19.2. The normalized spacial score (nSPS) is 15.1. The highest BCUT2D eigenvalue weighted by atomic mass is 16.5. The molecule has 32 heavy (non-hydrogen) atoms. The van der Waals surface area contributed by atoms with Crippen molar-refractivity contribution in [3.8, 4) is 0 Å². The van der Waals surface area contributed by atoms with E-state index in [4.69, 9.17) is 5.21 Å². The third kappa shape index (κ3) is 4.95. The van der Waals surface area contributed by atoms with Crippen LogP contribution in [0.5, 0.6) is 0 Å². The van der Waals surface area contributed by atoms with Crippen molar-refractivity contribution in [2.45, 2.75) is 45.4 Å². The fraction of sp³-hybridized carbons (Fsp3) is 0.370. The number of fused-ring (bicyclic) bond motifs is 2. The van der Waals surface area contributed by atoms with Crippen LogP contribution in [0.15, 0.2) is 48.5 Å². The molecule has 0 saturated carbocycles. The highest BCUT2D eigenvalue weighted by molar-refractivity contribution is 5.90. The fourth-order valence-corrected chi connectivity index (χ4v) is 4.70. The number of hydrogen-bond donors (Lipinski definition) is 3. The third-order valence-electron chi connectivity index (χ3n) is 6.40. The van der Waals surface area contributed by atoms with Crippen molar-refractivity contribution in [3.05, 3.63) is 76.5 Å². The average Bonchev–Trinajstić information content (AvgIpc) is 3.04. The molecule has 5 nitrogen and oxygen atoms in total. The van der Waals surface area contributed by atoms with Crippen LogP contribution in [0.4, 0.5) is 0 Å². The predicted octanol–water partition coefficient (Wildman–Crippen LogP) is 4.63. The summed E-state index contributed by atoms with van der Waals surface area (Å²) in [6.07, 6.45) is 6.16. The van der Waals surface area contributed by atoms with Gasteiger partial charge in [0.1, 0.15) is 0 Å². The Morgan fingerprint density at radius 1 is 1.12 bits per heavy atom. The smallest absolute Gasteiger partial charge is 0.267 e. The summed E-state index contributed by atoms with van der Waals surface area (Å²) in [6.45, 7) is 9.97. The number of aromatic amines is 1. The minimum atomic E-state index is -0.516. The molecule has 0 radical (unpaired) electrons. The Labute approximate surface area is 190 Å². The molecule has 0 saturated heterocycles. The van der Waals surface area contributed by atoms with Gasteiger partial charge in [-0.15, -0.1) is 0 Å². The van der Waals surface area contributed by atoms with E-state index < -0.39 is 5.91 Å². The van der Waals surface area contributed by atoms with Gasteiger partial charge in [-0.1, -0.05) is 57.2 Å². The number of benzene rings is 2. The minimum Gasteiger partial charge on any atom is -0.358 e. The topological polar surface area (TPSA) is 68.4 Å². The molecule has 0 bridgehead atoms. The molecular formula is C27H33N3O2. The van der Waals surface area contributed by atoms with Crippen LogP contribution in [0.1, 0.15) is 48.7 Å². The molecule has 0 aliphatic carbocycles. The number of nitrogens with zero attached hydrogens (tertiary/aromatic N) is 1. The van der Waals surface area contributed by atoms with Crippen molar-refractivity contribution in [1.82, 2.24) is 15.4 Å². The first-order valence-corrected chi connectivity index (χ1v) is 11.4. The Balaban J connectivity index is 1.46. The summed E-state index contributed by atoms with van der Waals surface area (Å²) < 4.78 is 0. The van der Waals surface area contributed by atoms with Crippen LogP contribution in [-0.2, 0) is 29.5 Å². The van der Waals surface area contributed by atoms with Gasteiger partial charge < -0.3 is 9.88 Å². The summed E-state index contributed by atoms with van der Waals surface area (Å²) in [6, 6.07) is 15.0. The lowest BCUT2D eigenvalue weighted by Crippen LogP contribution is -2.29. The van der Waals surface area contributed by atoms with E-state index >= 15 is 0 Å². The Morgan fingerprint density at radius 3 is 2.62 bits per heavy atom. The highest BCUT2D eigenvalue weighted by Gasteiger charge is 2.23. The van der Waals surface area contributed by atoms with Crippen molar-refractivity contribution in [2.75, 3.05) is 19.6 Å². The lowest BCUT2D eigenvalue weighted by atomic mass is 9.88. The third-order valence-corrected chi connectivity index (χ3v) is 6.40. The van der Waals surface area contributed by atoms with Gasteiger partial charge in [0.05, 0.1) is 0 Å². The summed E-state index contributed by atoms with van der Waals surface area (Å²) in [4.78, 5) is 17.5. The molecular weight excluding hydrogens is 398 g/mol. The van der Waals surface area contributed by atoms with E-state index in [0.717, 1.165) is 44.5 Å². The van der Waals surface area contributed by atoms with Crippen LogP contribution >= 0.6 is 0 Å². The van der Waals surface area contributed by atoms with Crippen LogP contribution in [0.2, 0.25) is 0 Å². The van der Waals surface area contributed by atoms with Crippen molar-refractivity contribution in [1.29, 1.82) is 0 Å². The predicted molar refractivity (Wildman–Crippen MR) is 130 cm³/mol. The molecule has 4 rings (SSSR count). The monoisotopic (exact) mass is 431 g/mol. The van der Waals surface area contributed by atoms with Gasteiger partial charge in [0.2, 0.25) is 0 Å². The summed E-state index contributed by atoms with van der Waals surface area (Å²) in [5.41, 5.74) is 9.45. The van der Waals surface area contributed by atoms with Crippen molar-refractivity contribution < 1.29 is 10.0 Å². The van der Waals surface area contributed by atoms with Gasteiger partial charge in [-0.05, 0) is 53.7 Å². The van der Waals surface area contributed by atoms with Gasteiger partial charge in [0.15, 0.2) is 0 Å². The zero-order chi connectivity index (χ0) is 22.7. The Hall–Kier alpha value is -2.89. The molecule has 0 atom stereocenters. The molecule has 0 unspecified atom stereocenters. The number of aromatic nitrogens is 1. The van der Waals surface area contributed by atoms with E-state index in [0.29, 0.717) is 0 Å². The molecule has 1 amide bonds. The molecule has 5 heteroatoms.